The van der Waals surface area contributed by atoms with E-state index in [9.17, 15) is 0 Å². The van der Waals surface area contributed by atoms with E-state index in [2.05, 4.69) is 86.3 Å². The molecule has 0 aliphatic rings. The van der Waals surface area contributed by atoms with Crippen molar-refractivity contribution in [2.24, 2.45) is 0 Å². The molecular weight excluding hydrogens is 312 g/mol. The molecule has 0 spiro atoms. The molecule has 2 aromatic rings. The molecule has 0 radical (unpaired) electrons. The Morgan fingerprint density at radius 3 is 1.42 bits per heavy atom. The molecule has 0 fully saturated rings. The molecule has 0 bridgehead atoms. The van der Waals surface area contributed by atoms with Crippen LogP contribution >= 0.6 is 0 Å². The maximum atomic E-state index is 3.76. The third-order valence-electron chi connectivity index (χ3n) is 3.36. The lowest BCUT2D eigenvalue weighted by molar-refractivity contribution is 0.973. The van der Waals surface area contributed by atoms with E-state index in [-0.39, 0.29) is 5.92 Å². The summed E-state index contributed by atoms with van der Waals surface area (Å²) in [5, 5.41) is 0. The highest BCUT2D eigenvalue weighted by Crippen LogP contribution is 2.32. The van der Waals surface area contributed by atoms with Gasteiger partial charge < -0.3 is 0 Å². The second-order valence-electron chi connectivity index (χ2n) is 4.64. The van der Waals surface area contributed by atoms with Gasteiger partial charge in [-0.15, -0.1) is 0 Å². The minimum Gasteiger partial charge on any atom is -0.0991 e. The SMILES string of the molecule is C=C/C=C\C(=C/C)C(c1ccccc1)c1ccccc1.CC.CC.CC. The van der Waals surface area contributed by atoms with Crippen molar-refractivity contribution in [3.63, 3.8) is 0 Å². The summed E-state index contributed by atoms with van der Waals surface area (Å²) in [5.74, 6) is 0.263. The fourth-order valence-electron chi connectivity index (χ4n) is 2.41. The highest BCUT2D eigenvalue weighted by atomic mass is 14.2. The van der Waals surface area contributed by atoms with Crippen molar-refractivity contribution in [1.82, 2.24) is 0 Å². The Labute approximate surface area is 163 Å². The fraction of sp³-hybridized carbons (Fsp3) is 0.308. The van der Waals surface area contributed by atoms with Crippen LogP contribution in [-0.2, 0) is 0 Å². The monoisotopic (exact) mass is 350 g/mol. The van der Waals surface area contributed by atoms with Gasteiger partial charge in [-0.25, -0.2) is 0 Å². The molecule has 0 N–H and O–H groups in total. The Morgan fingerprint density at radius 2 is 1.12 bits per heavy atom. The molecule has 2 rings (SSSR count). The summed E-state index contributed by atoms with van der Waals surface area (Å²) in [6.07, 6.45) is 8.12. The summed E-state index contributed by atoms with van der Waals surface area (Å²) >= 11 is 0. The van der Waals surface area contributed by atoms with Crippen LogP contribution in [0.3, 0.4) is 0 Å². The molecule has 0 heteroatoms. The summed E-state index contributed by atoms with van der Waals surface area (Å²) in [4.78, 5) is 0. The van der Waals surface area contributed by atoms with Crippen LogP contribution < -0.4 is 0 Å². The molecule has 142 valence electrons. The number of hydrogen-bond acceptors (Lipinski definition) is 0. The Hall–Kier alpha value is -2.34. The summed E-state index contributed by atoms with van der Waals surface area (Å²) in [5.41, 5.74) is 3.89. The van der Waals surface area contributed by atoms with Crippen LogP contribution in [0.2, 0.25) is 0 Å². The quantitative estimate of drug-likeness (QED) is 0.473. The highest BCUT2D eigenvalue weighted by Gasteiger charge is 2.16. The fourth-order valence-corrected chi connectivity index (χ4v) is 2.41. The first-order valence-electron chi connectivity index (χ1n) is 9.92. The molecule has 0 nitrogen and oxygen atoms in total. The van der Waals surface area contributed by atoms with Crippen LogP contribution in [0.4, 0.5) is 0 Å². The standard InChI is InChI=1S/C20H20.3C2H6/c1-3-5-12-17(4-2)20(18-13-8-6-9-14-18)19-15-10-7-11-16-19;3*1-2/h3-16,20H,1H2,2H3;3*1-2H3/b12-5-,17-4+;;;. The van der Waals surface area contributed by atoms with E-state index in [1.807, 2.05) is 53.7 Å². The molecular formula is C26H38. The summed E-state index contributed by atoms with van der Waals surface area (Å²) < 4.78 is 0. The predicted molar refractivity (Wildman–Crippen MR) is 122 cm³/mol. The largest absolute Gasteiger partial charge is 0.0991 e. The van der Waals surface area contributed by atoms with Gasteiger partial charge in [-0.05, 0) is 23.6 Å². The van der Waals surface area contributed by atoms with Crippen molar-refractivity contribution < 1.29 is 0 Å². The molecule has 0 heterocycles. The number of benzene rings is 2. The normalized spacial score (nSPS) is 9.92. The zero-order valence-corrected chi connectivity index (χ0v) is 17.9. The number of allylic oxidation sites excluding steroid dienone is 5. The Morgan fingerprint density at radius 1 is 0.731 bits per heavy atom. The molecule has 0 unspecified atom stereocenters. The van der Waals surface area contributed by atoms with E-state index in [1.54, 1.807) is 0 Å². The highest BCUT2D eigenvalue weighted by molar-refractivity contribution is 5.45. The zero-order valence-electron chi connectivity index (χ0n) is 17.9. The van der Waals surface area contributed by atoms with Crippen molar-refractivity contribution in [2.45, 2.75) is 54.4 Å². The summed E-state index contributed by atoms with van der Waals surface area (Å²) in [6, 6.07) is 21.2. The van der Waals surface area contributed by atoms with Gasteiger partial charge in [-0.1, -0.05) is 133 Å². The van der Waals surface area contributed by atoms with E-state index in [1.165, 1.54) is 16.7 Å². The van der Waals surface area contributed by atoms with Gasteiger partial charge in [0.15, 0.2) is 0 Å². The molecule has 2 aromatic carbocycles. The van der Waals surface area contributed by atoms with Gasteiger partial charge in [0.05, 0.1) is 0 Å². The molecule has 0 saturated carbocycles. The first-order chi connectivity index (χ1) is 12.9. The first kappa shape index (κ1) is 25.9. The van der Waals surface area contributed by atoms with E-state index >= 15 is 0 Å². The molecule has 0 aliphatic carbocycles. The lowest BCUT2D eigenvalue weighted by Gasteiger charge is -2.19. The predicted octanol–water partition coefficient (Wildman–Crippen LogP) is 8.59. The van der Waals surface area contributed by atoms with Gasteiger partial charge in [-0.3, -0.25) is 0 Å². The second-order valence-corrected chi connectivity index (χ2v) is 4.64. The van der Waals surface area contributed by atoms with Gasteiger partial charge in [-0.2, -0.15) is 0 Å². The summed E-state index contributed by atoms with van der Waals surface area (Å²) in [7, 11) is 0. The van der Waals surface area contributed by atoms with Crippen molar-refractivity contribution >= 4 is 0 Å². The van der Waals surface area contributed by atoms with Gasteiger partial charge in [0.2, 0.25) is 0 Å². The van der Waals surface area contributed by atoms with Crippen LogP contribution in [0.1, 0.15) is 65.5 Å². The van der Waals surface area contributed by atoms with Crippen molar-refractivity contribution in [3.8, 4) is 0 Å². The smallest absolute Gasteiger partial charge is 0.0336 e. The van der Waals surface area contributed by atoms with Crippen molar-refractivity contribution in [2.75, 3.05) is 0 Å². The molecule has 26 heavy (non-hydrogen) atoms. The maximum Gasteiger partial charge on any atom is 0.0336 e. The minimum absolute atomic E-state index is 0.263. The van der Waals surface area contributed by atoms with Gasteiger partial charge in [0.25, 0.3) is 0 Å². The Balaban J connectivity index is 0. The topological polar surface area (TPSA) is 0 Å². The Kier molecular flexibility index (Phi) is 18.9. The number of hydrogen-bond donors (Lipinski definition) is 0. The second kappa shape index (κ2) is 19.0. The minimum atomic E-state index is 0.263. The van der Waals surface area contributed by atoms with E-state index in [4.69, 9.17) is 0 Å². The van der Waals surface area contributed by atoms with Crippen LogP contribution in [0.5, 0.6) is 0 Å². The lowest BCUT2D eigenvalue weighted by atomic mass is 9.84. The first-order valence-corrected chi connectivity index (χ1v) is 9.92. The maximum absolute atomic E-state index is 3.76. The van der Waals surface area contributed by atoms with E-state index in [0.717, 1.165) is 0 Å². The van der Waals surface area contributed by atoms with Gasteiger partial charge in [0, 0.05) is 5.92 Å². The van der Waals surface area contributed by atoms with Crippen molar-refractivity contribution in [1.29, 1.82) is 0 Å². The van der Waals surface area contributed by atoms with Crippen LogP contribution in [0.15, 0.2) is 97.1 Å². The Bertz CT molecular complexity index is 549. The van der Waals surface area contributed by atoms with E-state index in [0.29, 0.717) is 0 Å². The van der Waals surface area contributed by atoms with Crippen molar-refractivity contribution in [3.05, 3.63) is 108 Å². The molecule has 0 amide bonds. The number of rotatable bonds is 5. The van der Waals surface area contributed by atoms with Crippen LogP contribution in [0, 0.1) is 0 Å². The van der Waals surface area contributed by atoms with Gasteiger partial charge >= 0.3 is 0 Å². The van der Waals surface area contributed by atoms with Gasteiger partial charge in [0.1, 0.15) is 0 Å². The third kappa shape index (κ3) is 9.22. The molecule has 0 saturated heterocycles. The van der Waals surface area contributed by atoms with E-state index < -0.39 is 0 Å². The van der Waals surface area contributed by atoms with Crippen LogP contribution in [-0.4, -0.2) is 0 Å². The summed E-state index contributed by atoms with van der Waals surface area (Å²) in [6.45, 7) is 17.8. The zero-order chi connectivity index (χ0) is 20.2. The molecule has 0 aromatic heterocycles. The average Bonchev–Trinajstić information content (AvgIpc) is 2.76. The molecule has 0 atom stereocenters. The molecule has 0 aliphatic heterocycles. The van der Waals surface area contributed by atoms with Crippen LogP contribution in [0.25, 0.3) is 0 Å². The average molecular weight is 351 g/mol. The third-order valence-corrected chi connectivity index (χ3v) is 3.36. The lowest BCUT2D eigenvalue weighted by Crippen LogP contribution is -2.03.